The summed E-state index contributed by atoms with van der Waals surface area (Å²) in [5.41, 5.74) is 9.76. The number of rotatable bonds is 3. The Kier molecular flexibility index (Phi) is 3.70. The van der Waals surface area contributed by atoms with Crippen LogP contribution in [0, 0.1) is 0 Å². The lowest BCUT2D eigenvalue weighted by molar-refractivity contribution is -0.115. The van der Waals surface area contributed by atoms with Crippen molar-refractivity contribution in [3.63, 3.8) is 0 Å². The first-order chi connectivity index (χ1) is 12.2. The molecule has 0 fully saturated rings. The first kappa shape index (κ1) is 15.3. The number of carbonyl (C=O) groups is 1. The van der Waals surface area contributed by atoms with Crippen molar-refractivity contribution in [1.29, 1.82) is 0 Å². The quantitative estimate of drug-likeness (QED) is 0.552. The number of carbonyl (C=O) groups excluding carboxylic acids is 1. The number of amides is 1. The molecule has 6 nitrogen and oxygen atoms in total. The minimum absolute atomic E-state index is 0.167. The Morgan fingerprint density at radius 2 is 2.24 bits per heavy atom. The standard InChI is InChI=1S/C18H14N4O2S/c1-20-15(23)5-3-11-7-21-18(19)16-13(9-25-17(11)16)10-2-4-14-12(6-10)8-22-24-14/h2-9H,1H3,(H2,19,21)(H,20,23)/b5-3+. The van der Waals surface area contributed by atoms with E-state index in [4.69, 9.17) is 10.3 Å². The van der Waals surface area contributed by atoms with Gasteiger partial charge < -0.3 is 15.6 Å². The summed E-state index contributed by atoms with van der Waals surface area (Å²) in [5.74, 6) is 0.299. The molecule has 3 aromatic heterocycles. The van der Waals surface area contributed by atoms with E-state index in [0.29, 0.717) is 5.82 Å². The smallest absolute Gasteiger partial charge is 0.243 e. The van der Waals surface area contributed by atoms with E-state index < -0.39 is 0 Å². The second-order valence-electron chi connectivity index (χ2n) is 5.48. The number of thiophene rings is 1. The number of likely N-dealkylation sites (N-methyl/N-ethyl adjacent to an activating group) is 1. The molecule has 0 aliphatic rings. The van der Waals surface area contributed by atoms with Crippen LogP contribution in [-0.2, 0) is 4.79 Å². The van der Waals surface area contributed by atoms with Crippen molar-refractivity contribution in [2.45, 2.75) is 0 Å². The number of aromatic nitrogens is 2. The molecule has 0 unspecified atom stereocenters. The van der Waals surface area contributed by atoms with Gasteiger partial charge in [0, 0.05) is 45.9 Å². The van der Waals surface area contributed by atoms with Crippen LogP contribution in [0.3, 0.4) is 0 Å². The molecule has 124 valence electrons. The SMILES string of the molecule is CNC(=O)/C=C/c1cnc(N)c2c(-c3ccc4oncc4c3)csc12. The zero-order valence-corrected chi connectivity index (χ0v) is 14.1. The molecular formula is C18H14N4O2S. The molecule has 0 aliphatic heterocycles. The second kappa shape index (κ2) is 6.03. The van der Waals surface area contributed by atoms with Crippen molar-refractivity contribution in [2.75, 3.05) is 12.8 Å². The van der Waals surface area contributed by atoms with E-state index in [1.165, 1.54) is 6.08 Å². The fraction of sp³-hybridized carbons (Fsp3) is 0.0556. The van der Waals surface area contributed by atoms with Crippen molar-refractivity contribution in [3.05, 3.63) is 47.6 Å². The summed E-state index contributed by atoms with van der Waals surface area (Å²) >= 11 is 1.57. The molecule has 0 saturated heterocycles. The maximum absolute atomic E-state index is 11.5. The summed E-state index contributed by atoms with van der Waals surface area (Å²) in [4.78, 5) is 15.8. The Labute approximate surface area is 146 Å². The molecule has 3 heterocycles. The summed E-state index contributed by atoms with van der Waals surface area (Å²) in [6.45, 7) is 0. The maximum atomic E-state index is 11.5. The molecule has 0 spiro atoms. The van der Waals surface area contributed by atoms with Gasteiger partial charge in [0.1, 0.15) is 5.82 Å². The molecule has 1 amide bonds. The van der Waals surface area contributed by atoms with Crippen LogP contribution in [0.1, 0.15) is 5.56 Å². The molecule has 4 aromatic rings. The molecule has 0 saturated carbocycles. The van der Waals surface area contributed by atoms with Gasteiger partial charge in [-0.15, -0.1) is 11.3 Å². The minimum Gasteiger partial charge on any atom is -0.383 e. The Hall–Kier alpha value is -3.19. The van der Waals surface area contributed by atoms with Crippen LogP contribution in [0.15, 0.2) is 46.6 Å². The normalized spacial score (nSPS) is 11.6. The predicted molar refractivity (Wildman–Crippen MR) is 100 cm³/mol. The van der Waals surface area contributed by atoms with Gasteiger partial charge in [0.15, 0.2) is 5.58 Å². The number of pyridine rings is 1. The Bertz CT molecular complexity index is 1130. The van der Waals surface area contributed by atoms with Crippen LogP contribution in [0.4, 0.5) is 5.82 Å². The summed E-state index contributed by atoms with van der Waals surface area (Å²) in [7, 11) is 1.59. The van der Waals surface area contributed by atoms with Gasteiger partial charge in [0.05, 0.1) is 6.20 Å². The summed E-state index contributed by atoms with van der Waals surface area (Å²) in [5, 5.41) is 10.2. The number of nitrogens with one attached hydrogen (secondary N) is 1. The third kappa shape index (κ3) is 2.64. The first-order valence-electron chi connectivity index (χ1n) is 7.57. The van der Waals surface area contributed by atoms with Gasteiger partial charge in [-0.3, -0.25) is 4.79 Å². The molecule has 25 heavy (non-hydrogen) atoms. The molecule has 4 rings (SSSR count). The number of nitrogens with two attached hydrogens (primary N) is 1. The molecule has 1 aromatic carbocycles. The van der Waals surface area contributed by atoms with Gasteiger partial charge >= 0.3 is 0 Å². The van der Waals surface area contributed by atoms with Crippen LogP contribution >= 0.6 is 11.3 Å². The first-order valence-corrected chi connectivity index (χ1v) is 8.45. The maximum Gasteiger partial charge on any atom is 0.243 e. The Morgan fingerprint density at radius 3 is 3.08 bits per heavy atom. The number of anilines is 1. The summed E-state index contributed by atoms with van der Waals surface area (Å²) in [6, 6.07) is 5.88. The highest BCUT2D eigenvalue weighted by molar-refractivity contribution is 7.18. The average molecular weight is 350 g/mol. The van der Waals surface area contributed by atoms with Crippen molar-refractivity contribution >= 4 is 50.2 Å². The minimum atomic E-state index is -0.167. The number of nitrogens with zero attached hydrogens (tertiary/aromatic N) is 2. The molecule has 0 aliphatic carbocycles. The van der Waals surface area contributed by atoms with Gasteiger partial charge in [-0.2, -0.15) is 0 Å². The van der Waals surface area contributed by atoms with Gasteiger partial charge in [-0.1, -0.05) is 11.2 Å². The number of nitrogen functional groups attached to an aromatic ring is 1. The molecule has 0 bridgehead atoms. The summed E-state index contributed by atoms with van der Waals surface area (Å²) < 4.78 is 6.15. The van der Waals surface area contributed by atoms with Crippen molar-refractivity contribution in [3.8, 4) is 11.1 Å². The van der Waals surface area contributed by atoms with Crippen molar-refractivity contribution < 1.29 is 9.32 Å². The van der Waals surface area contributed by atoms with E-state index in [9.17, 15) is 4.79 Å². The van der Waals surface area contributed by atoms with Crippen LogP contribution in [0.25, 0.3) is 38.3 Å². The fourth-order valence-corrected chi connectivity index (χ4v) is 3.79. The third-order valence-electron chi connectivity index (χ3n) is 3.98. The van der Waals surface area contributed by atoms with Crippen LogP contribution in [-0.4, -0.2) is 23.1 Å². The van der Waals surface area contributed by atoms with E-state index in [0.717, 1.165) is 37.7 Å². The highest BCUT2D eigenvalue weighted by Crippen LogP contribution is 2.39. The van der Waals surface area contributed by atoms with E-state index in [1.54, 1.807) is 36.9 Å². The number of fused-ring (bicyclic) bond motifs is 2. The Balaban J connectivity index is 1.88. The van der Waals surface area contributed by atoms with Gasteiger partial charge in [-0.25, -0.2) is 4.98 Å². The highest BCUT2D eigenvalue weighted by atomic mass is 32.1. The fourth-order valence-electron chi connectivity index (χ4n) is 2.71. The molecular weight excluding hydrogens is 336 g/mol. The lowest BCUT2D eigenvalue weighted by atomic mass is 10.0. The van der Waals surface area contributed by atoms with Crippen LogP contribution < -0.4 is 11.1 Å². The van der Waals surface area contributed by atoms with Gasteiger partial charge in [0.25, 0.3) is 0 Å². The third-order valence-corrected chi connectivity index (χ3v) is 5.01. The molecule has 0 atom stereocenters. The van der Waals surface area contributed by atoms with Crippen LogP contribution in [0.5, 0.6) is 0 Å². The lowest BCUT2D eigenvalue weighted by Crippen LogP contribution is -2.13. The average Bonchev–Trinajstić information content (AvgIpc) is 3.27. The van der Waals surface area contributed by atoms with E-state index in [-0.39, 0.29) is 5.91 Å². The Morgan fingerprint density at radius 1 is 1.36 bits per heavy atom. The largest absolute Gasteiger partial charge is 0.383 e. The monoisotopic (exact) mass is 350 g/mol. The van der Waals surface area contributed by atoms with Crippen molar-refractivity contribution in [2.24, 2.45) is 0 Å². The lowest BCUT2D eigenvalue weighted by Gasteiger charge is -2.04. The molecule has 3 N–H and O–H groups in total. The topological polar surface area (TPSA) is 94.0 Å². The highest BCUT2D eigenvalue weighted by Gasteiger charge is 2.14. The van der Waals surface area contributed by atoms with Crippen LogP contribution in [0.2, 0.25) is 0 Å². The number of hydrogen-bond acceptors (Lipinski definition) is 6. The number of hydrogen-bond donors (Lipinski definition) is 2. The summed E-state index contributed by atoms with van der Waals surface area (Å²) in [6.07, 6.45) is 6.60. The van der Waals surface area contributed by atoms with E-state index in [2.05, 4.69) is 20.8 Å². The van der Waals surface area contributed by atoms with E-state index >= 15 is 0 Å². The van der Waals surface area contributed by atoms with E-state index in [1.807, 2.05) is 18.2 Å². The zero-order valence-electron chi connectivity index (χ0n) is 13.3. The second-order valence-corrected chi connectivity index (χ2v) is 6.36. The van der Waals surface area contributed by atoms with Crippen molar-refractivity contribution in [1.82, 2.24) is 15.5 Å². The molecule has 0 radical (unpaired) electrons. The van der Waals surface area contributed by atoms with Gasteiger partial charge in [0.2, 0.25) is 5.91 Å². The predicted octanol–water partition coefficient (Wildman–Crippen LogP) is 3.45. The molecule has 7 heteroatoms. The van der Waals surface area contributed by atoms with Gasteiger partial charge in [-0.05, 0) is 29.2 Å². The zero-order chi connectivity index (χ0) is 17.4. The number of benzene rings is 1.